The Morgan fingerprint density at radius 3 is 1.82 bits per heavy atom. The molecule has 0 aliphatic rings. The molecule has 0 fully saturated rings. The summed E-state index contributed by atoms with van der Waals surface area (Å²) < 4.78 is 16.3. The van der Waals surface area contributed by atoms with E-state index in [2.05, 4.69) is 34.6 Å². The Kier molecular flexibility index (Phi) is 16.5. The van der Waals surface area contributed by atoms with Gasteiger partial charge in [-0.1, -0.05) is 102 Å². The number of ether oxygens (including phenoxy) is 3. The van der Waals surface area contributed by atoms with Crippen LogP contribution in [0.4, 0.5) is 16.4 Å². The van der Waals surface area contributed by atoms with Gasteiger partial charge < -0.3 is 19.5 Å². The molecular formula is C30H52N6O4. The summed E-state index contributed by atoms with van der Waals surface area (Å²) in [7, 11) is 4.64. The molecule has 40 heavy (non-hydrogen) atoms. The Morgan fingerprint density at radius 1 is 0.775 bits per heavy atom. The number of hydrogen-bond donors (Lipinski definition) is 1. The molecule has 0 unspecified atom stereocenters. The molecule has 226 valence electrons. The van der Waals surface area contributed by atoms with Crippen molar-refractivity contribution < 1.29 is 19.0 Å². The Labute approximate surface area is 241 Å². The first-order valence-electron chi connectivity index (χ1n) is 15.2. The van der Waals surface area contributed by atoms with E-state index in [4.69, 9.17) is 14.2 Å². The van der Waals surface area contributed by atoms with Crippen molar-refractivity contribution in [2.75, 3.05) is 38.1 Å². The van der Waals surface area contributed by atoms with Gasteiger partial charge in [-0.2, -0.15) is 4.80 Å². The van der Waals surface area contributed by atoms with Gasteiger partial charge in [-0.25, -0.2) is 4.79 Å². The minimum absolute atomic E-state index is 0.298. The van der Waals surface area contributed by atoms with Crippen LogP contribution in [0.3, 0.4) is 0 Å². The molecule has 2 aromatic rings. The van der Waals surface area contributed by atoms with Crippen molar-refractivity contribution in [2.24, 2.45) is 0 Å². The number of anilines is 2. The lowest BCUT2D eigenvalue weighted by Crippen LogP contribution is -2.37. The fourth-order valence-corrected chi connectivity index (χ4v) is 4.65. The smallest absolute Gasteiger partial charge is 0.329 e. The predicted octanol–water partition coefficient (Wildman–Crippen LogP) is 7.63. The number of amides is 2. The number of methoxy groups -OCH3 is 3. The van der Waals surface area contributed by atoms with Gasteiger partial charge in [0.25, 0.3) is 5.95 Å². The molecule has 2 rings (SSSR count). The van der Waals surface area contributed by atoms with E-state index in [9.17, 15) is 4.79 Å². The van der Waals surface area contributed by atoms with Crippen LogP contribution in [0, 0.1) is 0 Å². The Hall–Kier alpha value is -3.04. The van der Waals surface area contributed by atoms with E-state index in [0.717, 1.165) is 38.5 Å². The summed E-state index contributed by atoms with van der Waals surface area (Å²) in [6.45, 7) is 5.62. The number of tetrazole rings is 1. The summed E-state index contributed by atoms with van der Waals surface area (Å²) in [4.78, 5) is 16.7. The number of hydrogen-bond acceptors (Lipinski definition) is 7. The third kappa shape index (κ3) is 11.6. The molecule has 0 saturated heterocycles. The molecule has 1 N–H and O–H groups in total. The number of benzene rings is 1. The third-order valence-corrected chi connectivity index (χ3v) is 7.07. The average molecular weight is 561 g/mol. The van der Waals surface area contributed by atoms with Crippen molar-refractivity contribution in [3.8, 4) is 17.2 Å². The number of rotatable bonds is 22. The van der Waals surface area contributed by atoms with Crippen molar-refractivity contribution in [3.63, 3.8) is 0 Å². The van der Waals surface area contributed by atoms with Crippen LogP contribution in [-0.4, -0.2) is 54.1 Å². The van der Waals surface area contributed by atoms with E-state index in [1.54, 1.807) is 28.9 Å². The van der Waals surface area contributed by atoms with Gasteiger partial charge in [0.1, 0.15) is 22.9 Å². The van der Waals surface area contributed by atoms with E-state index < -0.39 is 0 Å². The topological polar surface area (TPSA) is 104 Å². The summed E-state index contributed by atoms with van der Waals surface area (Å²) in [5, 5.41) is 16.0. The Bertz CT molecular complexity index is 942. The molecule has 10 heteroatoms. The lowest BCUT2D eigenvalue weighted by atomic mass is 10.1. The molecular weight excluding hydrogens is 508 g/mol. The highest BCUT2D eigenvalue weighted by Gasteiger charge is 2.24. The number of nitrogens with one attached hydrogen (secondary N) is 1. The number of unbranched alkanes of at least 4 members (excludes halogenated alkanes) is 13. The normalized spacial score (nSPS) is 10.9. The molecule has 0 aliphatic carbocycles. The molecule has 0 atom stereocenters. The molecule has 0 radical (unpaired) electrons. The largest absolute Gasteiger partial charge is 0.496 e. The number of carbonyl (C=O) groups is 1. The standard InChI is InChI=1S/C30H52N6O4/c1-6-8-10-12-13-14-15-16-18-20-22-36-33-29(32-34-36)35(21-19-17-11-9-7-2)30(37)31-28-26(39-4)23-25(38-3)24-27(28)40-5/h23-24H,6-22H2,1-5H3,(H,31,37). The molecule has 2 amide bonds. The van der Waals surface area contributed by atoms with Crippen molar-refractivity contribution in [1.82, 2.24) is 20.2 Å². The fraction of sp³-hybridized carbons (Fsp3) is 0.733. The summed E-state index contributed by atoms with van der Waals surface area (Å²) in [6, 6.07) is 3.04. The number of nitrogens with zero attached hydrogens (tertiary/aromatic N) is 5. The van der Waals surface area contributed by atoms with Crippen LogP contribution in [0.2, 0.25) is 0 Å². The van der Waals surface area contributed by atoms with E-state index in [-0.39, 0.29) is 6.03 Å². The highest BCUT2D eigenvalue weighted by Crippen LogP contribution is 2.39. The van der Waals surface area contributed by atoms with Crippen LogP contribution in [0.15, 0.2) is 12.1 Å². The molecule has 0 aliphatic heterocycles. The van der Waals surface area contributed by atoms with Crippen LogP contribution in [0.5, 0.6) is 17.2 Å². The van der Waals surface area contributed by atoms with E-state index in [0.29, 0.717) is 42.0 Å². The zero-order valence-corrected chi connectivity index (χ0v) is 25.5. The van der Waals surface area contributed by atoms with Crippen LogP contribution >= 0.6 is 0 Å². The van der Waals surface area contributed by atoms with Crippen molar-refractivity contribution in [1.29, 1.82) is 0 Å². The van der Waals surface area contributed by atoms with Crippen molar-refractivity contribution in [3.05, 3.63) is 12.1 Å². The highest BCUT2D eigenvalue weighted by molar-refractivity contribution is 6.02. The maximum Gasteiger partial charge on any atom is 0.329 e. The number of aryl methyl sites for hydroxylation is 1. The predicted molar refractivity (Wildman–Crippen MR) is 161 cm³/mol. The van der Waals surface area contributed by atoms with Gasteiger partial charge in [-0.3, -0.25) is 4.90 Å². The minimum Gasteiger partial charge on any atom is -0.496 e. The highest BCUT2D eigenvalue weighted by atomic mass is 16.5. The fourth-order valence-electron chi connectivity index (χ4n) is 4.65. The quantitative estimate of drug-likeness (QED) is 0.148. The van der Waals surface area contributed by atoms with Gasteiger partial charge in [0.15, 0.2) is 0 Å². The average Bonchev–Trinajstić information content (AvgIpc) is 3.44. The van der Waals surface area contributed by atoms with E-state index in [1.807, 2.05) is 0 Å². The second-order valence-electron chi connectivity index (χ2n) is 10.3. The van der Waals surface area contributed by atoms with Crippen LogP contribution in [0.25, 0.3) is 0 Å². The summed E-state index contributed by atoms with van der Waals surface area (Å²) in [5.41, 5.74) is 0.421. The SMILES string of the molecule is CCCCCCCCCCCCn1nnc(N(CCCCCCC)C(=O)Nc2c(OC)cc(OC)cc2OC)n1. The Balaban J connectivity index is 1.99. The summed E-state index contributed by atoms with van der Waals surface area (Å²) in [6.07, 6.45) is 18.0. The van der Waals surface area contributed by atoms with Crippen LogP contribution in [0.1, 0.15) is 110 Å². The number of carbonyl (C=O) groups excluding carboxylic acids is 1. The number of aromatic nitrogens is 4. The second-order valence-corrected chi connectivity index (χ2v) is 10.3. The van der Waals surface area contributed by atoms with Gasteiger partial charge >= 0.3 is 6.03 Å². The molecule has 1 heterocycles. The molecule has 0 saturated carbocycles. The zero-order valence-electron chi connectivity index (χ0n) is 25.5. The summed E-state index contributed by atoms with van der Waals surface area (Å²) in [5.74, 6) is 1.73. The lowest BCUT2D eigenvalue weighted by molar-refractivity contribution is 0.256. The molecule has 0 spiro atoms. The molecule has 1 aromatic carbocycles. The van der Waals surface area contributed by atoms with Crippen molar-refractivity contribution in [2.45, 2.75) is 117 Å². The van der Waals surface area contributed by atoms with Crippen LogP contribution < -0.4 is 24.4 Å². The first-order valence-corrected chi connectivity index (χ1v) is 15.2. The third-order valence-electron chi connectivity index (χ3n) is 7.07. The van der Waals surface area contributed by atoms with Crippen molar-refractivity contribution >= 4 is 17.7 Å². The Morgan fingerprint density at radius 2 is 1.30 bits per heavy atom. The lowest BCUT2D eigenvalue weighted by Gasteiger charge is -2.21. The monoisotopic (exact) mass is 560 g/mol. The summed E-state index contributed by atoms with van der Waals surface area (Å²) >= 11 is 0. The van der Waals surface area contributed by atoms with Gasteiger partial charge in [0, 0.05) is 18.7 Å². The molecule has 1 aromatic heterocycles. The van der Waals surface area contributed by atoms with Gasteiger partial charge in [0.2, 0.25) is 0 Å². The molecule has 0 bridgehead atoms. The second kappa shape index (κ2) is 19.9. The molecule has 10 nitrogen and oxygen atoms in total. The maximum absolute atomic E-state index is 13.5. The van der Waals surface area contributed by atoms with Gasteiger partial charge in [0.05, 0.1) is 27.9 Å². The first-order chi connectivity index (χ1) is 19.6. The van der Waals surface area contributed by atoms with Crippen LogP contribution in [-0.2, 0) is 6.54 Å². The van der Waals surface area contributed by atoms with Gasteiger partial charge in [-0.05, 0) is 18.1 Å². The van der Waals surface area contributed by atoms with E-state index >= 15 is 0 Å². The minimum atomic E-state index is -0.365. The maximum atomic E-state index is 13.5. The van der Waals surface area contributed by atoms with E-state index in [1.165, 1.54) is 72.0 Å². The first kappa shape index (κ1) is 33.2. The van der Waals surface area contributed by atoms with Gasteiger partial charge in [-0.15, -0.1) is 5.10 Å². The number of urea groups is 1. The zero-order chi connectivity index (χ0) is 29.0.